The zero-order valence-corrected chi connectivity index (χ0v) is 11.5. The standard InChI is InChI=1S/C16H16N2O2/c1-3-20-14-10-6-7-11(15(14)19-2)16-17-12-8-4-5-9-13(12)18-16/h4-10H,3H2,1-2H3,(H,17,18). The van der Waals surface area contributed by atoms with Crippen LogP contribution in [0.1, 0.15) is 6.92 Å². The van der Waals surface area contributed by atoms with Crippen LogP contribution in [0.25, 0.3) is 22.4 Å². The van der Waals surface area contributed by atoms with Crippen LogP contribution in [0.5, 0.6) is 11.5 Å². The first-order valence-corrected chi connectivity index (χ1v) is 6.58. The van der Waals surface area contributed by atoms with E-state index in [4.69, 9.17) is 9.47 Å². The fraction of sp³-hybridized carbons (Fsp3) is 0.188. The molecule has 0 aliphatic rings. The van der Waals surface area contributed by atoms with E-state index in [2.05, 4.69) is 9.97 Å². The summed E-state index contributed by atoms with van der Waals surface area (Å²) < 4.78 is 11.1. The molecule has 1 N–H and O–H groups in total. The van der Waals surface area contributed by atoms with Gasteiger partial charge in [-0.05, 0) is 31.2 Å². The van der Waals surface area contributed by atoms with Crippen LogP contribution < -0.4 is 9.47 Å². The van der Waals surface area contributed by atoms with Crippen molar-refractivity contribution in [2.75, 3.05) is 13.7 Å². The van der Waals surface area contributed by atoms with E-state index in [0.717, 1.165) is 28.2 Å². The Bertz CT molecular complexity index is 701. The molecule has 3 rings (SSSR count). The van der Waals surface area contributed by atoms with Crippen molar-refractivity contribution < 1.29 is 9.47 Å². The zero-order valence-electron chi connectivity index (χ0n) is 11.5. The average molecular weight is 268 g/mol. The number of hydrogen-bond donors (Lipinski definition) is 1. The molecule has 1 heterocycles. The predicted molar refractivity (Wildman–Crippen MR) is 79.3 cm³/mol. The van der Waals surface area contributed by atoms with Gasteiger partial charge in [-0.1, -0.05) is 18.2 Å². The molecule has 0 aliphatic heterocycles. The van der Waals surface area contributed by atoms with Crippen LogP contribution in [0.2, 0.25) is 0 Å². The van der Waals surface area contributed by atoms with Gasteiger partial charge in [-0.2, -0.15) is 0 Å². The molecule has 0 saturated carbocycles. The molecule has 0 aliphatic carbocycles. The number of nitrogens with one attached hydrogen (secondary N) is 1. The Morgan fingerprint density at radius 2 is 1.95 bits per heavy atom. The van der Waals surface area contributed by atoms with Gasteiger partial charge in [-0.3, -0.25) is 0 Å². The van der Waals surface area contributed by atoms with Crippen molar-refractivity contribution in [3.8, 4) is 22.9 Å². The molecule has 0 unspecified atom stereocenters. The Hall–Kier alpha value is -2.49. The molecule has 4 heteroatoms. The summed E-state index contributed by atoms with van der Waals surface area (Å²) in [6.07, 6.45) is 0. The number of aromatic nitrogens is 2. The minimum atomic E-state index is 0.597. The number of hydrogen-bond acceptors (Lipinski definition) is 3. The van der Waals surface area contributed by atoms with E-state index in [0.29, 0.717) is 12.4 Å². The second-order valence-corrected chi connectivity index (χ2v) is 4.37. The van der Waals surface area contributed by atoms with E-state index in [-0.39, 0.29) is 0 Å². The van der Waals surface area contributed by atoms with Crippen molar-refractivity contribution in [3.63, 3.8) is 0 Å². The summed E-state index contributed by atoms with van der Waals surface area (Å²) in [4.78, 5) is 7.91. The minimum absolute atomic E-state index is 0.597. The van der Waals surface area contributed by atoms with Gasteiger partial charge in [0.25, 0.3) is 0 Å². The fourth-order valence-electron chi connectivity index (χ4n) is 2.26. The van der Waals surface area contributed by atoms with Crippen LogP contribution in [-0.2, 0) is 0 Å². The molecular formula is C16H16N2O2. The number of H-pyrrole nitrogens is 1. The summed E-state index contributed by atoms with van der Waals surface area (Å²) in [5, 5.41) is 0. The number of imidazole rings is 1. The number of nitrogens with zero attached hydrogens (tertiary/aromatic N) is 1. The lowest BCUT2D eigenvalue weighted by atomic mass is 10.1. The van der Waals surface area contributed by atoms with Crippen LogP contribution in [0, 0.1) is 0 Å². The van der Waals surface area contributed by atoms with Crippen molar-refractivity contribution in [2.24, 2.45) is 0 Å². The lowest BCUT2D eigenvalue weighted by Crippen LogP contribution is -1.97. The third-order valence-electron chi connectivity index (χ3n) is 3.13. The van der Waals surface area contributed by atoms with Gasteiger partial charge in [0.05, 0.1) is 30.3 Å². The molecule has 0 spiro atoms. The van der Waals surface area contributed by atoms with Gasteiger partial charge >= 0.3 is 0 Å². The summed E-state index contributed by atoms with van der Waals surface area (Å²) in [5.74, 6) is 2.21. The zero-order chi connectivity index (χ0) is 13.9. The van der Waals surface area contributed by atoms with E-state index in [1.54, 1.807) is 7.11 Å². The van der Waals surface area contributed by atoms with Crippen molar-refractivity contribution >= 4 is 11.0 Å². The highest BCUT2D eigenvalue weighted by Gasteiger charge is 2.14. The van der Waals surface area contributed by atoms with Crippen LogP contribution in [0.3, 0.4) is 0 Å². The van der Waals surface area contributed by atoms with Crippen molar-refractivity contribution in [2.45, 2.75) is 6.92 Å². The monoisotopic (exact) mass is 268 g/mol. The predicted octanol–water partition coefficient (Wildman–Crippen LogP) is 3.64. The van der Waals surface area contributed by atoms with E-state index < -0.39 is 0 Å². The normalized spacial score (nSPS) is 10.7. The van der Waals surface area contributed by atoms with E-state index in [9.17, 15) is 0 Å². The maximum atomic E-state index is 5.60. The quantitative estimate of drug-likeness (QED) is 0.785. The number of benzene rings is 2. The van der Waals surface area contributed by atoms with Gasteiger partial charge in [0, 0.05) is 0 Å². The van der Waals surface area contributed by atoms with Gasteiger partial charge in [-0.25, -0.2) is 4.98 Å². The van der Waals surface area contributed by atoms with Crippen molar-refractivity contribution in [3.05, 3.63) is 42.5 Å². The highest BCUT2D eigenvalue weighted by atomic mass is 16.5. The topological polar surface area (TPSA) is 47.1 Å². The number of methoxy groups -OCH3 is 1. The first-order valence-electron chi connectivity index (χ1n) is 6.58. The second-order valence-electron chi connectivity index (χ2n) is 4.37. The molecule has 102 valence electrons. The maximum absolute atomic E-state index is 5.60. The largest absolute Gasteiger partial charge is 0.492 e. The Morgan fingerprint density at radius 1 is 1.10 bits per heavy atom. The first kappa shape index (κ1) is 12.5. The lowest BCUT2D eigenvalue weighted by molar-refractivity contribution is 0.311. The third-order valence-corrected chi connectivity index (χ3v) is 3.13. The summed E-state index contributed by atoms with van der Waals surface area (Å²) in [5.41, 5.74) is 2.84. The summed E-state index contributed by atoms with van der Waals surface area (Å²) >= 11 is 0. The minimum Gasteiger partial charge on any atom is -0.492 e. The van der Waals surface area contributed by atoms with Crippen LogP contribution >= 0.6 is 0 Å². The first-order chi connectivity index (χ1) is 9.83. The number of aromatic amines is 1. The van der Waals surface area contributed by atoms with Crippen LogP contribution in [0.4, 0.5) is 0 Å². The second kappa shape index (κ2) is 5.25. The Labute approximate surface area is 117 Å². The number of ether oxygens (including phenoxy) is 2. The van der Waals surface area contributed by atoms with Gasteiger partial charge in [-0.15, -0.1) is 0 Å². The molecule has 0 fully saturated rings. The van der Waals surface area contributed by atoms with E-state index in [1.807, 2.05) is 49.4 Å². The SMILES string of the molecule is CCOc1cccc(-c2nc3ccccc3[nH]2)c1OC. The molecule has 0 amide bonds. The van der Waals surface area contributed by atoms with Crippen LogP contribution in [-0.4, -0.2) is 23.7 Å². The lowest BCUT2D eigenvalue weighted by Gasteiger charge is -2.12. The fourth-order valence-corrected chi connectivity index (χ4v) is 2.26. The van der Waals surface area contributed by atoms with Gasteiger partial charge in [0.15, 0.2) is 11.5 Å². The highest BCUT2D eigenvalue weighted by Crippen LogP contribution is 2.37. The molecule has 4 nitrogen and oxygen atoms in total. The number of rotatable bonds is 4. The van der Waals surface area contributed by atoms with E-state index in [1.165, 1.54) is 0 Å². The number of para-hydroxylation sites is 3. The molecule has 0 saturated heterocycles. The molecule has 0 atom stereocenters. The highest BCUT2D eigenvalue weighted by molar-refractivity contribution is 5.81. The van der Waals surface area contributed by atoms with Crippen molar-refractivity contribution in [1.29, 1.82) is 0 Å². The summed E-state index contributed by atoms with van der Waals surface area (Å²) in [7, 11) is 1.64. The van der Waals surface area contributed by atoms with Gasteiger partial charge in [0.1, 0.15) is 5.82 Å². The molecule has 20 heavy (non-hydrogen) atoms. The van der Waals surface area contributed by atoms with Crippen molar-refractivity contribution in [1.82, 2.24) is 9.97 Å². The summed E-state index contributed by atoms with van der Waals surface area (Å²) in [6.45, 7) is 2.55. The maximum Gasteiger partial charge on any atom is 0.171 e. The third kappa shape index (κ3) is 2.09. The van der Waals surface area contributed by atoms with Gasteiger partial charge in [0.2, 0.25) is 0 Å². The van der Waals surface area contributed by atoms with Crippen LogP contribution in [0.15, 0.2) is 42.5 Å². The Morgan fingerprint density at radius 3 is 2.70 bits per heavy atom. The molecule has 1 aromatic heterocycles. The molecule has 2 aromatic carbocycles. The molecule has 0 bridgehead atoms. The smallest absolute Gasteiger partial charge is 0.171 e. The van der Waals surface area contributed by atoms with E-state index >= 15 is 0 Å². The average Bonchev–Trinajstić information content (AvgIpc) is 2.91. The Balaban J connectivity index is 2.15. The number of fused-ring (bicyclic) bond motifs is 1. The molecule has 0 radical (unpaired) electrons. The molecule has 3 aromatic rings. The van der Waals surface area contributed by atoms with Gasteiger partial charge < -0.3 is 14.5 Å². The summed E-state index contributed by atoms with van der Waals surface area (Å²) in [6, 6.07) is 13.8. The Kier molecular flexibility index (Phi) is 3.29. The molecular weight excluding hydrogens is 252 g/mol.